The standard InChI is InChI=1S/C12H12ClN3O/c13-10-3-1-2-4-11(10)17-6-5-12-15-7-9(14)8-16-12/h1-4,7-8H,5-6,14H2. The summed E-state index contributed by atoms with van der Waals surface area (Å²) in [4.78, 5) is 8.17. The number of ether oxygens (including phenoxy) is 1. The van der Waals surface area contributed by atoms with Crippen LogP contribution in [0, 0.1) is 0 Å². The second-order valence-electron chi connectivity index (χ2n) is 3.46. The maximum absolute atomic E-state index is 5.95. The summed E-state index contributed by atoms with van der Waals surface area (Å²) < 4.78 is 5.53. The van der Waals surface area contributed by atoms with E-state index in [4.69, 9.17) is 22.1 Å². The van der Waals surface area contributed by atoms with E-state index in [-0.39, 0.29) is 0 Å². The van der Waals surface area contributed by atoms with Crippen LogP contribution in [-0.2, 0) is 6.42 Å². The lowest BCUT2D eigenvalue weighted by atomic mass is 10.3. The van der Waals surface area contributed by atoms with E-state index in [9.17, 15) is 0 Å². The molecule has 4 nitrogen and oxygen atoms in total. The third-order valence-corrected chi connectivity index (χ3v) is 2.46. The van der Waals surface area contributed by atoms with Gasteiger partial charge in [-0.05, 0) is 12.1 Å². The van der Waals surface area contributed by atoms with E-state index in [0.29, 0.717) is 35.3 Å². The summed E-state index contributed by atoms with van der Waals surface area (Å²) in [6, 6.07) is 7.35. The van der Waals surface area contributed by atoms with E-state index in [0.717, 1.165) is 0 Å². The van der Waals surface area contributed by atoms with Gasteiger partial charge in [-0.3, -0.25) is 0 Å². The van der Waals surface area contributed by atoms with Gasteiger partial charge in [-0.25, -0.2) is 9.97 Å². The van der Waals surface area contributed by atoms with Crippen molar-refractivity contribution < 1.29 is 4.74 Å². The molecule has 17 heavy (non-hydrogen) atoms. The van der Waals surface area contributed by atoms with Crippen molar-refractivity contribution in [3.8, 4) is 5.75 Å². The van der Waals surface area contributed by atoms with E-state index in [1.54, 1.807) is 18.5 Å². The molecule has 0 saturated carbocycles. The third-order valence-electron chi connectivity index (χ3n) is 2.15. The number of nitrogens with two attached hydrogens (primary N) is 1. The van der Waals surface area contributed by atoms with E-state index < -0.39 is 0 Å². The minimum Gasteiger partial charge on any atom is -0.492 e. The van der Waals surface area contributed by atoms with Crippen molar-refractivity contribution >= 4 is 17.3 Å². The van der Waals surface area contributed by atoms with Gasteiger partial charge in [0.1, 0.15) is 11.6 Å². The molecule has 0 atom stereocenters. The Morgan fingerprint density at radius 1 is 1.18 bits per heavy atom. The summed E-state index contributed by atoms with van der Waals surface area (Å²) in [5.74, 6) is 1.37. The summed E-state index contributed by atoms with van der Waals surface area (Å²) >= 11 is 5.95. The Morgan fingerprint density at radius 2 is 1.88 bits per heavy atom. The Bertz CT molecular complexity index is 487. The SMILES string of the molecule is Nc1cnc(CCOc2ccccc2Cl)nc1. The van der Waals surface area contributed by atoms with Crippen molar-refractivity contribution in [3.05, 3.63) is 47.5 Å². The maximum Gasteiger partial charge on any atom is 0.137 e. The zero-order valence-electron chi connectivity index (χ0n) is 9.14. The number of para-hydroxylation sites is 1. The third kappa shape index (κ3) is 3.32. The highest BCUT2D eigenvalue weighted by molar-refractivity contribution is 6.32. The molecule has 0 aliphatic rings. The first kappa shape index (κ1) is 11.7. The van der Waals surface area contributed by atoms with Crippen LogP contribution in [0.4, 0.5) is 5.69 Å². The van der Waals surface area contributed by atoms with Crippen LogP contribution < -0.4 is 10.5 Å². The van der Waals surface area contributed by atoms with Gasteiger partial charge >= 0.3 is 0 Å². The molecule has 0 bridgehead atoms. The topological polar surface area (TPSA) is 61.0 Å². The van der Waals surface area contributed by atoms with Gasteiger partial charge in [0.15, 0.2) is 0 Å². The van der Waals surface area contributed by atoms with E-state index in [1.165, 1.54) is 0 Å². The van der Waals surface area contributed by atoms with Crippen LogP contribution in [-0.4, -0.2) is 16.6 Å². The highest BCUT2D eigenvalue weighted by atomic mass is 35.5. The molecular weight excluding hydrogens is 238 g/mol. The zero-order chi connectivity index (χ0) is 12.1. The minimum atomic E-state index is 0.480. The average Bonchev–Trinajstić information content (AvgIpc) is 2.34. The van der Waals surface area contributed by atoms with Gasteiger partial charge < -0.3 is 10.5 Å². The zero-order valence-corrected chi connectivity index (χ0v) is 9.89. The smallest absolute Gasteiger partial charge is 0.137 e. The average molecular weight is 250 g/mol. The molecule has 0 aliphatic carbocycles. The number of aromatic nitrogens is 2. The van der Waals surface area contributed by atoms with E-state index in [2.05, 4.69) is 9.97 Å². The lowest BCUT2D eigenvalue weighted by Gasteiger charge is -2.06. The number of rotatable bonds is 4. The van der Waals surface area contributed by atoms with Crippen LogP contribution in [0.25, 0.3) is 0 Å². The summed E-state index contributed by atoms with van der Waals surface area (Å²) in [6.07, 6.45) is 3.78. The highest BCUT2D eigenvalue weighted by Gasteiger charge is 2.01. The molecule has 1 aromatic heterocycles. The summed E-state index contributed by atoms with van der Waals surface area (Å²) in [6.45, 7) is 0.480. The molecule has 0 saturated heterocycles. The predicted octanol–water partition coefficient (Wildman–Crippen LogP) is 2.33. The fourth-order valence-electron chi connectivity index (χ4n) is 1.31. The molecule has 88 valence electrons. The number of anilines is 1. The molecule has 0 radical (unpaired) electrons. The molecule has 0 aliphatic heterocycles. The molecule has 0 amide bonds. The molecular formula is C12H12ClN3O. The Labute approximate surface area is 104 Å². The summed E-state index contributed by atoms with van der Waals surface area (Å²) in [5, 5.41) is 0.603. The first-order chi connectivity index (χ1) is 8.25. The first-order valence-corrected chi connectivity index (χ1v) is 5.57. The number of benzene rings is 1. The highest BCUT2D eigenvalue weighted by Crippen LogP contribution is 2.22. The van der Waals surface area contributed by atoms with Gasteiger partial charge in [-0.1, -0.05) is 23.7 Å². The van der Waals surface area contributed by atoms with E-state index in [1.807, 2.05) is 18.2 Å². The Kier molecular flexibility index (Phi) is 3.77. The minimum absolute atomic E-state index is 0.480. The maximum atomic E-state index is 5.95. The summed E-state index contributed by atoms with van der Waals surface area (Å²) in [5.41, 5.74) is 6.05. The molecule has 2 aromatic rings. The van der Waals surface area contributed by atoms with Crippen LogP contribution in [0.2, 0.25) is 5.02 Å². The quantitative estimate of drug-likeness (QED) is 0.904. The first-order valence-electron chi connectivity index (χ1n) is 5.19. The van der Waals surface area contributed by atoms with Crippen molar-refractivity contribution in [2.75, 3.05) is 12.3 Å². The van der Waals surface area contributed by atoms with Gasteiger partial charge in [0.05, 0.1) is 29.7 Å². The largest absolute Gasteiger partial charge is 0.492 e. The number of nitrogen functional groups attached to an aromatic ring is 1. The Balaban J connectivity index is 1.88. The molecule has 2 N–H and O–H groups in total. The predicted molar refractivity (Wildman–Crippen MR) is 67.1 cm³/mol. The Morgan fingerprint density at radius 3 is 2.59 bits per heavy atom. The second-order valence-corrected chi connectivity index (χ2v) is 3.87. The van der Waals surface area contributed by atoms with Gasteiger partial charge in [-0.15, -0.1) is 0 Å². The Hall–Kier alpha value is -1.81. The fourth-order valence-corrected chi connectivity index (χ4v) is 1.50. The monoisotopic (exact) mass is 249 g/mol. The lowest BCUT2D eigenvalue weighted by molar-refractivity contribution is 0.319. The van der Waals surface area contributed by atoms with Gasteiger partial charge in [0, 0.05) is 6.42 Å². The van der Waals surface area contributed by atoms with Crippen LogP contribution in [0.3, 0.4) is 0 Å². The van der Waals surface area contributed by atoms with Crippen LogP contribution in [0.5, 0.6) is 5.75 Å². The molecule has 0 unspecified atom stereocenters. The van der Waals surface area contributed by atoms with Gasteiger partial charge in [-0.2, -0.15) is 0 Å². The van der Waals surface area contributed by atoms with Crippen LogP contribution in [0.15, 0.2) is 36.7 Å². The fraction of sp³-hybridized carbons (Fsp3) is 0.167. The normalized spacial score (nSPS) is 10.2. The number of halogens is 1. The van der Waals surface area contributed by atoms with E-state index >= 15 is 0 Å². The van der Waals surface area contributed by atoms with Crippen molar-refractivity contribution in [2.24, 2.45) is 0 Å². The lowest BCUT2D eigenvalue weighted by Crippen LogP contribution is -2.05. The second kappa shape index (κ2) is 5.50. The van der Waals surface area contributed by atoms with Crippen molar-refractivity contribution in [2.45, 2.75) is 6.42 Å². The summed E-state index contributed by atoms with van der Waals surface area (Å²) in [7, 11) is 0. The number of hydrogen-bond acceptors (Lipinski definition) is 4. The molecule has 1 aromatic carbocycles. The van der Waals surface area contributed by atoms with Gasteiger partial charge in [0.25, 0.3) is 0 Å². The van der Waals surface area contributed by atoms with Crippen molar-refractivity contribution in [1.29, 1.82) is 0 Å². The van der Waals surface area contributed by atoms with Gasteiger partial charge in [0.2, 0.25) is 0 Å². The van der Waals surface area contributed by atoms with Crippen LogP contribution >= 0.6 is 11.6 Å². The molecule has 0 spiro atoms. The van der Waals surface area contributed by atoms with Crippen molar-refractivity contribution in [3.63, 3.8) is 0 Å². The molecule has 2 rings (SSSR count). The molecule has 5 heteroatoms. The molecule has 1 heterocycles. The van der Waals surface area contributed by atoms with Crippen molar-refractivity contribution in [1.82, 2.24) is 9.97 Å². The number of nitrogens with zero attached hydrogens (tertiary/aromatic N) is 2. The van der Waals surface area contributed by atoms with Crippen LogP contribution in [0.1, 0.15) is 5.82 Å². The molecule has 0 fully saturated rings. The number of hydrogen-bond donors (Lipinski definition) is 1.